The third-order valence-electron chi connectivity index (χ3n) is 3.77. The number of benzene rings is 1. The lowest BCUT2D eigenvalue weighted by Gasteiger charge is -2.40. The Hall–Kier alpha value is -1.51. The van der Waals surface area contributed by atoms with Crippen LogP contribution in [0.4, 0.5) is 5.69 Å². The normalized spacial score (nSPS) is 19.0. The number of likely N-dealkylation sites (tertiary alicyclic amines) is 1. The van der Waals surface area contributed by atoms with E-state index in [-0.39, 0.29) is 5.91 Å². The van der Waals surface area contributed by atoms with Crippen molar-refractivity contribution in [2.24, 2.45) is 0 Å². The maximum atomic E-state index is 12.3. The number of carbonyl (C=O) groups is 1. The van der Waals surface area contributed by atoms with Crippen molar-refractivity contribution in [3.63, 3.8) is 0 Å². The van der Waals surface area contributed by atoms with Gasteiger partial charge in [-0.25, -0.2) is 0 Å². The van der Waals surface area contributed by atoms with Gasteiger partial charge < -0.3 is 10.6 Å². The van der Waals surface area contributed by atoms with Crippen LogP contribution in [-0.4, -0.2) is 23.4 Å². The van der Waals surface area contributed by atoms with Crippen LogP contribution in [0, 0.1) is 13.8 Å². The highest BCUT2D eigenvalue weighted by molar-refractivity contribution is 6.00. The molecule has 92 valence electrons. The van der Waals surface area contributed by atoms with E-state index < -0.39 is 0 Å². The minimum Gasteiger partial charge on any atom is -0.398 e. The zero-order valence-corrected chi connectivity index (χ0v) is 10.8. The quantitative estimate of drug-likeness (QED) is 0.796. The highest BCUT2D eigenvalue weighted by Gasteiger charge is 2.32. The third-order valence-corrected chi connectivity index (χ3v) is 3.77. The van der Waals surface area contributed by atoms with Gasteiger partial charge in [-0.1, -0.05) is 6.92 Å². The fourth-order valence-corrected chi connectivity index (χ4v) is 2.31. The Kier molecular flexibility index (Phi) is 3.09. The monoisotopic (exact) mass is 232 g/mol. The van der Waals surface area contributed by atoms with E-state index in [1.807, 2.05) is 30.9 Å². The number of hydrogen-bond donors (Lipinski definition) is 1. The van der Waals surface area contributed by atoms with E-state index in [4.69, 9.17) is 5.73 Å². The molecule has 0 aliphatic carbocycles. The van der Waals surface area contributed by atoms with Crippen molar-refractivity contribution in [2.45, 2.75) is 39.7 Å². The summed E-state index contributed by atoms with van der Waals surface area (Å²) in [4.78, 5) is 14.3. The van der Waals surface area contributed by atoms with Gasteiger partial charge in [0.25, 0.3) is 5.91 Å². The molecule has 3 nitrogen and oxygen atoms in total. The second-order valence-corrected chi connectivity index (χ2v) is 4.87. The van der Waals surface area contributed by atoms with E-state index >= 15 is 0 Å². The van der Waals surface area contributed by atoms with E-state index in [1.54, 1.807) is 0 Å². The minimum absolute atomic E-state index is 0.0868. The van der Waals surface area contributed by atoms with Gasteiger partial charge in [0.15, 0.2) is 0 Å². The minimum atomic E-state index is 0.0868. The zero-order valence-electron chi connectivity index (χ0n) is 10.8. The van der Waals surface area contributed by atoms with Crippen molar-refractivity contribution < 1.29 is 4.79 Å². The summed E-state index contributed by atoms with van der Waals surface area (Å²) in [5.41, 5.74) is 9.46. The van der Waals surface area contributed by atoms with Crippen LogP contribution >= 0.6 is 0 Å². The molecule has 1 fully saturated rings. The van der Waals surface area contributed by atoms with Gasteiger partial charge >= 0.3 is 0 Å². The average molecular weight is 232 g/mol. The SMILES string of the molecule is CC[C@@H]1CCN1C(=O)c1cc(C)c(C)cc1N. The highest BCUT2D eigenvalue weighted by atomic mass is 16.2. The lowest BCUT2D eigenvalue weighted by Crippen LogP contribution is -2.50. The Bertz CT molecular complexity index is 452. The Labute approximate surface area is 103 Å². The molecule has 1 aliphatic rings. The number of nitrogens with zero attached hydrogens (tertiary/aromatic N) is 1. The van der Waals surface area contributed by atoms with Gasteiger partial charge in [-0.3, -0.25) is 4.79 Å². The fraction of sp³-hybridized carbons (Fsp3) is 0.500. The van der Waals surface area contributed by atoms with Crippen molar-refractivity contribution in [3.8, 4) is 0 Å². The van der Waals surface area contributed by atoms with E-state index in [0.29, 0.717) is 17.3 Å². The second-order valence-electron chi connectivity index (χ2n) is 4.87. The number of anilines is 1. The molecule has 0 spiro atoms. The second kappa shape index (κ2) is 4.40. The van der Waals surface area contributed by atoms with E-state index in [1.165, 1.54) is 0 Å². The van der Waals surface area contributed by atoms with Crippen LogP contribution in [0.2, 0.25) is 0 Å². The Morgan fingerprint density at radius 2 is 2.06 bits per heavy atom. The molecule has 1 amide bonds. The standard InChI is InChI=1S/C14H20N2O/c1-4-11-5-6-16(11)14(17)12-7-9(2)10(3)8-13(12)15/h7-8,11H,4-6,15H2,1-3H3/t11-/m1/s1. The summed E-state index contributed by atoms with van der Waals surface area (Å²) in [5, 5.41) is 0. The first-order chi connectivity index (χ1) is 8.04. The van der Waals surface area contributed by atoms with Crippen LogP contribution in [0.15, 0.2) is 12.1 Å². The maximum absolute atomic E-state index is 12.3. The topological polar surface area (TPSA) is 46.3 Å². The molecule has 0 bridgehead atoms. The van der Waals surface area contributed by atoms with Gasteiger partial charge in [0.05, 0.1) is 5.56 Å². The average Bonchev–Trinajstić information content (AvgIpc) is 2.22. The largest absolute Gasteiger partial charge is 0.398 e. The Balaban J connectivity index is 2.28. The van der Waals surface area contributed by atoms with Crippen LogP contribution in [0.1, 0.15) is 41.3 Å². The van der Waals surface area contributed by atoms with E-state index in [2.05, 4.69) is 6.92 Å². The molecule has 1 heterocycles. The molecule has 0 aromatic heterocycles. The van der Waals surface area contributed by atoms with Crippen LogP contribution in [0.25, 0.3) is 0 Å². The first-order valence-electron chi connectivity index (χ1n) is 6.22. The molecule has 1 aliphatic heterocycles. The fourth-order valence-electron chi connectivity index (χ4n) is 2.31. The number of carbonyl (C=O) groups excluding carboxylic acids is 1. The summed E-state index contributed by atoms with van der Waals surface area (Å²) < 4.78 is 0. The Morgan fingerprint density at radius 1 is 1.41 bits per heavy atom. The van der Waals surface area contributed by atoms with E-state index in [0.717, 1.165) is 30.5 Å². The summed E-state index contributed by atoms with van der Waals surface area (Å²) in [7, 11) is 0. The van der Waals surface area contributed by atoms with Gasteiger partial charge in [-0.05, 0) is 49.9 Å². The van der Waals surface area contributed by atoms with Crippen molar-refractivity contribution in [3.05, 3.63) is 28.8 Å². The third kappa shape index (κ3) is 2.02. The summed E-state index contributed by atoms with van der Waals surface area (Å²) >= 11 is 0. The first kappa shape index (κ1) is 12.0. The van der Waals surface area contributed by atoms with Crippen LogP contribution in [-0.2, 0) is 0 Å². The molecular formula is C14H20N2O. The van der Waals surface area contributed by atoms with Gasteiger partial charge in [0.1, 0.15) is 0 Å². The van der Waals surface area contributed by atoms with Gasteiger partial charge in [-0.15, -0.1) is 0 Å². The van der Waals surface area contributed by atoms with Crippen LogP contribution in [0.3, 0.4) is 0 Å². The molecule has 1 aromatic rings. The lowest BCUT2D eigenvalue weighted by molar-refractivity contribution is 0.0456. The predicted molar refractivity (Wildman–Crippen MR) is 70.1 cm³/mol. The molecule has 17 heavy (non-hydrogen) atoms. The molecule has 2 N–H and O–H groups in total. The molecule has 3 heteroatoms. The molecule has 1 aromatic carbocycles. The van der Waals surface area contributed by atoms with Crippen molar-refractivity contribution in [1.29, 1.82) is 0 Å². The first-order valence-corrected chi connectivity index (χ1v) is 6.22. The van der Waals surface area contributed by atoms with Gasteiger partial charge in [0.2, 0.25) is 0 Å². The molecule has 1 saturated heterocycles. The summed E-state index contributed by atoms with van der Waals surface area (Å²) in [6.07, 6.45) is 2.14. The molecular weight excluding hydrogens is 212 g/mol. The number of nitrogens with two attached hydrogens (primary N) is 1. The molecule has 2 rings (SSSR count). The van der Waals surface area contributed by atoms with Crippen molar-refractivity contribution in [1.82, 2.24) is 4.90 Å². The number of hydrogen-bond acceptors (Lipinski definition) is 2. The van der Waals surface area contributed by atoms with Crippen molar-refractivity contribution in [2.75, 3.05) is 12.3 Å². The predicted octanol–water partition coefficient (Wildman–Crippen LogP) is 2.51. The maximum Gasteiger partial charge on any atom is 0.256 e. The molecule has 1 atom stereocenters. The zero-order chi connectivity index (χ0) is 12.6. The highest BCUT2D eigenvalue weighted by Crippen LogP contribution is 2.26. The lowest BCUT2D eigenvalue weighted by atomic mass is 9.97. The van der Waals surface area contributed by atoms with Gasteiger partial charge in [0, 0.05) is 18.3 Å². The summed E-state index contributed by atoms with van der Waals surface area (Å²) in [6.45, 7) is 7.01. The number of aryl methyl sites for hydroxylation is 2. The van der Waals surface area contributed by atoms with Crippen LogP contribution in [0.5, 0.6) is 0 Å². The Morgan fingerprint density at radius 3 is 2.59 bits per heavy atom. The molecule has 0 saturated carbocycles. The summed E-state index contributed by atoms with van der Waals surface area (Å²) in [6, 6.07) is 4.21. The number of amides is 1. The smallest absolute Gasteiger partial charge is 0.256 e. The number of rotatable bonds is 2. The molecule has 0 radical (unpaired) electrons. The summed E-state index contributed by atoms with van der Waals surface area (Å²) in [5.74, 6) is 0.0868. The van der Waals surface area contributed by atoms with Crippen LogP contribution < -0.4 is 5.73 Å². The number of nitrogen functional groups attached to an aromatic ring is 1. The van der Waals surface area contributed by atoms with Gasteiger partial charge in [-0.2, -0.15) is 0 Å². The molecule has 0 unspecified atom stereocenters. The van der Waals surface area contributed by atoms with E-state index in [9.17, 15) is 4.79 Å². The van der Waals surface area contributed by atoms with Crippen molar-refractivity contribution >= 4 is 11.6 Å².